The van der Waals surface area contributed by atoms with Gasteiger partial charge in [0, 0.05) is 17.2 Å². The Labute approximate surface area is 205 Å². The van der Waals surface area contributed by atoms with Crippen molar-refractivity contribution in [3.63, 3.8) is 0 Å². The Morgan fingerprint density at radius 2 is 1.97 bits per heavy atom. The van der Waals surface area contributed by atoms with Gasteiger partial charge in [-0.1, -0.05) is 18.2 Å². The number of aliphatic imine (C=N–C) groups is 1. The second-order valence-corrected chi connectivity index (χ2v) is 8.42. The molecule has 8 nitrogen and oxygen atoms in total. The number of fused-ring (bicyclic) bond motifs is 1. The molecule has 35 heavy (non-hydrogen) atoms. The van der Waals surface area contributed by atoms with Crippen molar-refractivity contribution in [1.29, 1.82) is 0 Å². The van der Waals surface area contributed by atoms with Gasteiger partial charge in [0.15, 0.2) is 17.3 Å². The molecule has 1 amide bonds. The van der Waals surface area contributed by atoms with Crippen LogP contribution in [-0.4, -0.2) is 52.8 Å². The van der Waals surface area contributed by atoms with Gasteiger partial charge in [-0.15, -0.1) is 0 Å². The first kappa shape index (κ1) is 24.3. The highest BCUT2D eigenvalue weighted by Gasteiger charge is 2.34. The summed E-state index contributed by atoms with van der Waals surface area (Å²) in [5.41, 5.74) is 1.38. The van der Waals surface area contributed by atoms with E-state index in [0.29, 0.717) is 35.5 Å². The van der Waals surface area contributed by atoms with Gasteiger partial charge in [-0.2, -0.15) is 0 Å². The second kappa shape index (κ2) is 9.83. The van der Waals surface area contributed by atoms with Crippen molar-refractivity contribution < 1.29 is 23.0 Å². The summed E-state index contributed by atoms with van der Waals surface area (Å²) in [6, 6.07) is 5.60. The molecule has 4 rings (SSSR count). The third kappa shape index (κ3) is 5.02. The summed E-state index contributed by atoms with van der Waals surface area (Å²) >= 11 is 5.69. The highest BCUT2D eigenvalue weighted by Crippen LogP contribution is 2.37. The Kier molecular flexibility index (Phi) is 6.83. The van der Waals surface area contributed by atoms with Crippen LogP contribution in [0.5, 0.6) is 11.5 Å². The Balaban J connectivity index is 1.57. The van der Waals surface area contributed by atoms with Crippen molar-refractivity contribution >= 4 is 45.6 Å². The number of likely N-dealkylation sites (tertiary alicyclic amines) is 1. The standard InChI is InChI=1S/C24H22ClF2N5O3/c1-12(2)30-13(3)24(33)32-9-14(10-32)35-20-7-15-18(8-19(20)34-4)28-11-29-23(15)31-17-6-5-16(26)21(25)22(17)27/h5-8,11,14H,3,9-10H2,1-2,4H3,(H,28,29,31). The number of carbonyl (C=O) groups is 1. The fourth-order valence-corrected chi connectivity index (χ4v) is 3.69. The van der Waals surface area contributed by atoms with Crippen molar-refractivity contribution in [3.05, 3.63) is 59.5 Å². The maximum atomic E-state index is 14.4. The third-order valence-corrected chi connectivity index (χ3v) is 5.59. The van der Waals surface area contributed by atoms with Crippen LogP contribution in [0.3, 0.4) is 0 Å². The van der Waals surface area contributed by atoms with E-state index in [1.54, 1.807) is 30.9 Å². The van der Waals surface area contributed by atoms with Crippen LogP contribution in [-0.2, 0) is 4.79 Å². The topological polar surface area (TPSA) is 88.9 Å². The first-order valence-corrected chi connectivity index (χ1v) is 11.0. The lowest BCUT2D eigenvalue weighted by atomic mass is 10.1. The maximum absolute atomic E-state index is 14.4. The van der Waals surface area contributed by atoms with Gasteiger partial charge in [-0.05, 0) is 32.0 Å². The summed E-state index contributed by atoms with van der Waals surface area (Å²) in [6.07, 6.45) is 1.02. The van der Waals surface area contributed by atoms with E-state index in [0.717, 1.165) is 11.8 Å². The van der Waals surface area contributed by atoms with Crippen LogP contribution in [0.4, 0.5) is 20.3 Å². The number of halogens is 3. The molecule has 3 aromatic rings. The number of anilines is 2. The second-order valence-electron chi connectivity index (χ2n) is 8.05. The van der Waals surface area contributed by atoms with E-state index in [4.69, 9.17) is 21.1 Å². The summed E-state index contributed by atoms with van der Waals surface area (Å²) in [6.45, 7) is 8.00. The van der Waals surface area contributed by atoms with E-state index >= 15 is 0 Å². The van der Waals surface area contributed by atoms with Crippen molar-refractivity contribution in [2.75, 3.05) is 25.5 Å². The van der Waals surface area contributed by atoms with Crippen LogP contribution in [0.2, 0.25) is 5.02 Å². The number of nitrogens with one attached hydrogen (secondary N) is 1. The first-order valence-electron chi connectivity index (χ1n) is 10.6. The Hall–Kier alpha value is -3.79. The number of nitrogens with zero attached hydrogens (tertiary/aromatic N) is 4. The van der Waals surface area contributed by atoms with Crippen LogP contribution >= 0.6 is 11.6 Å². The van der Waals surface area contributed by atoms with Gasteiger partial charge in [0.05, 0.1) is 31.4 Å². The molecule has 1 fully saturated rings. The molecular weight excluding hydrogens is 480 g/mol. The van der Waals surface area contributed by atoms with Gasteiger partial charge in [0.2, 0.25) is 0 Å². The molecule has 2 aromatic carbocycles. The molecule has 1 N–H and O–H groups in total. The smallest absolute Gasteiger partial charge is 0.272 e. The number of hydrogen-bond donors (Lipinski definition) is 1. The highest BCUT2D eigenvalue weighted by molar-refractivity contribution is 6.31. The molecule has 2 heterocycles. The van der Waals surface area contributed by atoms with E-state index in [2.05, 4.69) is 26.9 Å². The van der Waals surface area contributed by atoms with Crippen molar-refractivity contribution in [2.24, 2.45) is 4.99 Å². The number of methoxy groups -OCH3 is 1. The molecule has 0 unspecified atom stereocenters. The quantitative estimate of drug-likeness (QED) is 0.281. The Morgan fingerprint density at radius 3 is 2.66 bits per heavy atom. The number of hydrogen-bond acceptors (Lipinski definition) is 7. The monoisotopic (exact) mass is 501 g/mol. The molecule has 0 saturated carbocycles. The minimum atomic E-state index is -0.938. The van der Waals surface area contributed by atoms with Gasteiger partial charge in [-0.25, -0.2) is 18.7 Å². The average Bonchev–Trinajstić information content (AvgIpc) is 2.80. The summed E-state index contributed by atoms with van der Waals surface area (Å²) in [5.74, 6) is -0.968. The number of rotatable bonds is 7. The van der Waals surface area contributed by atoms with Crippen LogP contribution in [0.1, 0.15) is 13.8 Å². The zero-order chi connectivity index (χ0) is 25.3. The van der Waals surface area contributed by atoms with E-state index in [1.807, 2.05) is 0 Å². The minimum Gasteiger partial charge on any atom is -0.493 e. The molecule has 0 atom stereocenters. The number of amides is 1. The predicted octanol–water partition coefficient (Wildman–Crippen LogP) is 4.90. The molecule has 1 aliphatic heterocycles. The number of ether oxygens (including phenoxy) is 2. The van der Waals surface area contributed by atoms with E-state index in [9.17, 15) is 13.6 Å². The molecule has 1 saturated heterocycles. The van der Waals surface area contributed by atoms with Crippen molar-refractivity contribution in [3.8, 4) is 11.5 Å². The zero-order valence-corrected chi connectivity index (χ0v) is 20.0. The molecule has 0 spiro atoms. The van der Waals surface area contributed by atoms with Crippen LogP contribution in [0.25, 0.3) is 10.9 Å². The predicted molar refractivity (Wildman–Crippen MR) is 130 cm³/mol. The Morgan fingerprint density at radius 1 is 1.23 bits per heavy atom. The lowest BCUT2D eigenvalue weighted by Gasteiger charge is -2.39. The zero-order valence-electron chi connectivity index (χ0n) is 19.2. The van der Waals surface area contributed by atoms with Crippen molar-refractivity contribution in [2.45, 2.75) is 20.0 Å². The summed E-state index contributed by atoms with van der Waals surface area (Å²) in [7, 11) is 1.50. The fraction of sp³-hybridized carbons (Fsp3) is 0.250. The van der Waals surface area contributed by atoms with Gasteiger partial charge in [0.25, 0.3) is 5.91 Å². The van der Waals surface area contributed by atoms with Gasteiger partial charge < -0.3 is 19.7 Å². The average molecular weight is 502 g/mol. The number of carbonyl (C=O) groups excluding carboxylic acids is 1. The van der Waals surface area contributed by atoms with Crippen LogP contribution in [0.15, 0.2) is 47.9 Å². The largest absolute Gasteiger partial charge is 0.493 e. The molecule has 182 valence electrons. The minimum absolute atomic E-state index is 0.0481. The lowest BCUT2D eigenvalue weighted by molar-refractivity contribution is -0.135. The molecule has 11 heteroatoms. The SMILES string of the molecule is C=C(N=C(C)C)C(=O)N1CC(Oc2cc3c(Nc4ccc(F)c(Cl)c4F)ncnc3cc2OC)C1. The van der Waals surface area contributed by atoms with Crippen LogP contribution < -0.4 is 14.8 Å². The summed E-state index contributed by atoms with van der Waals surface area (Å²) in [5, 5.41) is 2.72. The normalized spacial score (nSPS) is 13.3. The van der Waals surface area contributed by atoms with Crippen molar-refractivity contribution in [1.82, 2.24) is 14.9 Å². The summed E-state index contributed by atoms with van der Waals surface area (Å²) in [4.78, 5) is 26.5. The molecule has 0 radical (unpaired) electrons. The molecule has 0 bridgehead atoms. The van der Waals surface area contributed by atoms with E-state index in [-0.39, 0.29) is 29.2 Å². The van der Waals surface area contributed by atoms with Gasteiger partial charge in [-0.3, -0.25) is 9.79 Å². The Bertz CT molecular complexity index is 1350. The number of aromatic nitrogens is 2. The van der Waals surface area contributed by atoms with E-state index in [1.165, 1.54) is 19.5 Å². The summed E-state index contributed by atoms with van der Waals surface area (Å²) < 4.78 is 39.5. The van der Waals surface area contributed by atoms with Gasteiger partial charge >= 0.3 is 0 Å². The fourth-order valence-electron chi connectivity index (χ4n) is 3.52. The molecular formula is C24H22ClF2N5O3. The van der Waals surface area contributed by atoms with Gasteiger partial charge in [0.1, 0.15) is 34.8 Å². The molecule has 0 aliphatic carbocycles. The van der Waals surface area contributed by atoms with E-state index < -0.39 is 16.7 Å². The highest BCUT2D eigenvalue weighted by atomic mass is 35.5. The third-order valence-electron chi connectivity index (χ3n) is 5.24. The molecule has 1 aliphatic rings. The maximum Gasteiger partial charge on any atom is 0.272 e. The lowest BCUT2D eigenvalue weighted by Crippen LogP contribution is -2.56. The first-order chi connectivity index (χ1) is 16.7. The number of benzene rings is 2. The molecule has 1 aromatic heterocycles. The van der Waals surface area contributed by atoms with Crippen LogP contribution in [0, 0.1) is 11.6 Å².